The molecule has 0 bridgehead atoms. The molecule has 0 aliphatic rings. The first-order valence-corrected chi connectivity index (χ1v) is 7.75. The molecule has 3 rings (SSSR count). The number of ether oxygens (including phenoxy) is 1. The van der Waals surface area contributed by atoms with E-state index in [0.717, 1.165) is 11.1 Å². The molecule has 124 valence electrons. The van der Waals surface area contributed by atoms with Crippen molar-refractivity contribution in [1.29, 1.82) is 0 Å². The molecule has 0 atom stereocenters. The number of Topliss-reactive ketones (excluding diaryl/α,β-unsaturated/α-hetero) is 1. The molecular weight excluding hydrogens is 316 g/mol. The Kier molecular flexibility index (Phi) is 4.61. The Hall–Kier alpha value is -3.40. The van der Waals surface area contributed by atoms with Gasteiger partial charge < -0.3 is 9.84 Å². The first kappa shape index (κ1) is 16.5. The molecule has 0 heterocycles. The summed E-state index contributed by atoms with van der Waals surface area (Å²) in [6, 6.07) is 21.2. The Morgan fingerprint density at radius 3 is 2.00 bits per heavy atom. The van der Waals surface area contributed by atoms with Crippen LogP contribution < -0.4 is 4.74 Å². The zero-order valence-corrected chi connectivity index (χ0v) is 13.6. The van der Waals surface area contributed by atoms with Gasteiger partial charge in [-0.25, -0.2) is 4.79 Å². The van der Waals surface area contributed by atoms with Gasteiger partial charge in [0.15, 0.2) is 5.78 Å². The van der Waals surface area contributed by atoms with Crippen molar-refractivity contribution in [2.75, 3.05) is 0 Å². The Morgan fingerprint density at radius 2 is 1.40 bits per heavy atom. The van der Waals surface area contributed by atoms with Crippen LogP contribution in [0.1, 0.15) is 27.6 Å². The number of carbonyl (C=O) groups excluding carboxylic acids is 1. The smallest absolute Gasteiger partial charge is 0.335 e. The maximum atomic E-state index is 11.4. The summed E-state index contributed by atoms with van der Waals surface area (Å²) in [7, 11) is 0. The third-order valence-electron chi connectivity index (χ3n) is 3.80. The Balaban J connectivity index is 1.81. The van der Waals surface area contributed by atoms with Crippen LogP contribution in [-0.4, -0.2) is 16.9 Å². The van der Waals surface area contributed by atoms with Crippen LogP contribution in [0.4, 0.5) is 0 Å². The van der Waals surface area contributed by atoms with Gasteiger partial charge in [-0.1, -0.05) is 36.4 Å². The van der Waals surface area contributed by atoms with Crippen molar-refractivity contribution in [2.24, 2.45) is 0 Å². The van der Waals surface area contributed by atoms with E-state index in [2.05, 4.69) is 0 Å². The lowest BCUT2D eigenvalue weighted by atomic mass is 10.0. The molecule has 25 heavy (non-hydrogen) atoms. The molecule has 0 fully saturated rings. The summed E-state index contributed by atoms with van der Waals surface area (Å²) in [6.07, 6.45) is 0. The van der Waals surface area contributed by atoms with E-state index in [4.69, 9.17) is 9.84 Å². The second kappa shape index (κ2) is 7.01. The number of carboxylic acids is 1. The average Bonchev–Trinajstić information content (AvgIpc) is 2.62. The number of carbonyl (C=O) groups is 2. The highest BCUT2D eigenvalue weighted by atomic mass is 16.5. The van der Waals surface area contributed by atoms with Crippen LogP contribution in [0.2, 0.25) is 0 Å². The lowest BCUT2D eigenvalue weighted by molar-refractivity contribution is 0.0696. The summed E-state index contributed by atoms with van der Waals surface area (Å²) in [6.45, 7) is 1.54. The van der Waals surface area contributed by atoms with Gasteiger partial charge in [0.05, 0.1) is 5.56 Å². The van der Waals surface area contributed by atoms with Crippen molar-refractivity contribution in [1.82, 2.24) is 0 Å². The van der Waals surface area contributed by atoms with Gasteiger partial charge in [0.1, 0.15) is 11.5 Å². The predicted octanol–water partition coefficient (Wildman–Crippen LogP) is 5.05. The molecule has 0 amide bonds. The summed E-state index contributed by atoms with van der Waals surface area (Å²) in [4.78, 5) is 22.2. The maximum absolute atomic E-state index is 11.4. The molecule has 0 aromatic heterocycles. The predicted molar refractivity (Wildman–Crippen MR) is 95.4 cm³/mol. The van der Waals surface area contributed by atoms with Gasteiger partial charge in [-0.05, 0) is 54.4 Å². The van der Waals surface area contributed by atoms with Crippen LogP contribution in [0.3, 0.4) is 0 Å². The van der Waals surface area contributed by atoms with Crippen molar-refractivity contribution in [2.45, 2.75) is 6.92 Å². The number of carboxylic acid groups (broad SMARTS) is 1. The standard InChI is InChI=1S/C21H16O4/c1-14(22)15-5-7-16(8-6-15)18-3-2-4-20(13-18)25-19-11-9-17(10-12-19)21(23)24/h2-13H,1H3,(H,23,24). The first-order chi connectivity index (χ1) is 12.0. The zero-order chi connectivity index (χ0) is 17.8. The van der Waals surface area contributed by atoms with Gasteiger partial charge in [0.2, 0.25) is 0 Å². The topological polar surface area (TPSA) is 63.6 Å². The SMILES string of the molecule is CC(=O)c1ccc(-c2cccc(Oc3ccc(C(=O)O)cc3)c2)cc1. The molecule has 3 aromatic rings. The normalized spacial score (nSPS) is 10.3. The maximum Gasteiger partial charge on any atom is 0.335 e. The first-order valence-electron chi connectivity index (χ1n) is 7.75. The highest BCUT2D eigenvalue weighted by Crippen LogP contribution is 2.27. The van der Waals surface area contributed by atoms with Crippen molar-refractivity contribution < 1.29 is 19.4 Å². The summed E-state index contributed by atoms with van der Waals surface area (Å²) < 4.78 is 5.79. The Morgan fingerprint density at radius 1 is 0.760 bits per heavy atom. The van der Waals surface area contributed by atoms with E-state index in [1.807, 2.05) is 36.4 Å². The van der Waals surface area contributed by atoms with Crippen molar-refractivity contribution >= 4 is 11.8 Å². The molecule has 0 spiro atoms. The molecule has 0 saturated heterocycles. The molecule has 0 radical (unpaired) electrons. The summed E-state index contributed by atoms with van der Waals surface area (Å²) in [5, 5.41) is 8.92. The van der Waals surface area contributed by atoms with Crippen LogP contribution >= 0.6 is 0 Å². The molecule has 0 aliphatic carbocycles. The average molecular weight is 332 g/mol. The van der Waals surface area contributed by atoms with Gasteiger partial charge in [-0.3, -0.25) is 4.79 Å². The fourth-order valence-corrected chi connectivity index (χ4v) is 2.44. The zero-order valence-electron chi connectivity index (χ0n) is 13.6. The summed E-state index contributed by atoms with van der Waals surface area (Å²) >= 11 is 0. The number of rotatable bonds is 5. The van der Waals surface area contributed by atoms with Crippen molar-refractivity contribution in [3.05, 3.63) is 83.9 Å². The highest BCUT2D eigenvalue weighted by Gasteiger charge is 2.05. The lowest BCUT2D eigenvalue weighted by Gasteiger charge is -2.08. The summed E-state index contributed by atoms with van der Waals surface area (Å²) in [5.41, 5.74) is 2.84. The quantitative estimate of drug-likeness (QED) is 0.664. The van der Waals surface area contributed by atoms with E-state index in [9.17, 15) is 9.59 Å². The van der Waals surface area contributed by atoms with Crippen LogP contribution in [-0.2, 0) is 0 Å². The molecular formula is C21H16O4. The molecule has 3 aromatic carbocycles. The third kappa shape index (κ3) is 3.93. The van der Waals surface area contributed by atoms with Crippen LogP contribution in [0, 0.1) is 0 Å². The van der Waals surface area contributed by atoms with Crippen molar-refractivity contribution in [3.8, 4) is 22.6 Å². The third-order valence-corrected chi connectivity index (χ3v) is 3.80. The van der Waals surface area contributed by atoms with Gasteiger partial charge in [0.25, 0.3) is 0 Å². The molecule has 0 aliphatic heterocycles. The molecule has 0 unspecified atom stereocenters. The van der Waals surface area contributed by atoms with Crippen LogP contribution in [0.15, 0.2) is 72.8 Å². The second-order valence-electron chi connectivity index (χ2n) is 5.59. The number of ketones is 1. The van der Waals surface area contributed by atoms with Gasteiger partial charge in [0, 0.05) is 5.56 Å². The van der Waals surface area contributed by atoms with E-state index < -0.39 is 5.97 Å². The monoisotopic (exact) mass is 332 g/mol. The molecule has 4 nitrogen and oxygen atoms in total. The van der Waals surface area contributed by atoms with E-state index in [1.54, 1.807) is 31.2 Å². The minimum atomic E-state index is -0.970. The highest BCUT2D eigenvalue weighted by molar-refractivity contribution is 5.94. The number of benzene rings is 3. The fraction of sp³-hybridized carbons (Fsp3) is 0.0476. The number of hydrogen-bond acceptors (Lipinski definition) is 3. The lowest BCUT2D eigenvalue weighted by Crippen LogP contribution is -1.95. The van der Waals surface area contributed by atoms with Gasteiger partial charge in [-0.15, -0.1) is 0 Å². The van der Waals surface area contributed by atoms with Crippen molar-refractivity contribution in [3.63, 3.8) is 0 Å². The van der Waals surface area contributed by atoms with Gasteiger partial charge in [-0.2, -0.15) is 0 Å². The Labute approximate surface area is 145 Å². The van der Waals surface area contributed by atoms with E-state index in [0.29, 0.717) is 17.1 Å². The Bertz CT molecular complexity index is 909. The fourth-order valence-electron chi connectivity index (χ4n) is 2.44. The molecule has 0 saturated carbocycles. The molecule has 4 heteroatoms. The van der Waals surface area contributed by atoms with Crippen LogP contribution in [0.5, 0.6) is 11.5 Å². The minimum absolute atomic E-state index is 0.0356. The van der Waals surface area contributed by atoms with E-state index in [-0.39, 0.29) is 11.3 Å². The largest absolute Gasteiger partial charge is 0.478 e. The van der Waals surface area contributed by atoms with E-state index >= 15 is 0 Å². The summed E-state index contributed by atoms with van der Waals surface area (Å²) in [5.74, 6) is 0.279. The van der Waals surface area contributed by atoms with Crippen LogP contribution in [0.25, 0.3) is 11.1 Å². The van der Waals surface area contributed by atoms with Gasteiger partial charge >= 0.3 is 5.97 Å². The second-order valence-corrected chi connectivity index (χ2v) is 5.59. The molecule has 1 N–H and O–H groups in total. The number of aromatic carboxylic acids is 1. The number of hydrogen-bond donors (Lipinski definition) is 1. The van der Waals surface area contributed by atoms with E-state index in [1.165, 1.54) is 12.1 Å². The minimum Gasteiger partial charge on any atom is -0.478 e.